The first-order valence-corrected chi connectivity index (χ1v) is 9.95. The Labute approximate surface area is 187 Å². The van der Waals surface area contributed by atoms with Crippen molar-refractivity contribution in [2.24, 2.45) is 5.10 Å². The van der Waals surface area contributed by atoms with Crippen LogP contribution in [-0.4, -0.2) is 21.7 Å². The Bertz CT molecular complexity index is 1200. The Kier molecular flexibility index (Phi) is 6.35. The molecule has 9 heteroatoms. The largest absolute Gasteiger partial charge is 0.457 e. The van der Waals surface area contributed by atoms with Crippen molar-refractivity contribution in [3.63, 3.8) is 0 Å². The number of hydrogen-bond donors (Lipinski definition) is 1. The molecule has 1 N–H and O–H groups in total. The van der Waals surface area contributed by atoms with Gasteiger partial charge in [-0.2, -0.15) is 5.10 Å². The number of furan rings is 1. The third-order valence-electron chi connectivity index (χ3n) is 4.18. The summed E-state index contributed by atoms with van der Waals surface area (Å²) in [5.41, 5.74) is 3.23. The Morgan fingerprint density at radius 1 is 1.06 bits per heavy atom. The summed E-state index contributed by atoms with van der Waals surface area (Å²) in [6.45, 7) is 0.298. The van der Waals surface area contributed by atoms with Crippen molar-refractivity contribution < 1.29 is 13.9 Å². The number of halogens is 2. The van der Waals surface area contributed by atoms with Gasteiger partial charge >= 0.3 is 5.91 Å². The van der Waals surface area contributed by atoms with Gasteiger partial charge in [-0.3, -0.25) is 4.79 Å². The second kappa shape index (κ2) is 9.51. The molecule has 2 heterocycles. The summed E-state index contributed by atoms with van der Waals surface area (Å²) >= 11 is 11.8. The molecule has 0 atom stereocenters. The van der Waals surface area contributed by atoms with Crippen LogP contribution in [0.25, 0.3) is 0 Å². The lowest BCUT2D eigenvalue weighted by Gasteiger charge is -2.05. The van der Waals surface area contributed by atoms with Gasteiger partial charge in [0.2, 0.25) is 0 Å². The summed E-state index contributed by atoms with van der Waals surface area (Å²) in [6.07, 6.45) is 3.02. The molecular weight excluding hydrogens is 439 g/mol. The zero-order valence-corrected chi connectivity index (χ0v) is 17.5. The number of aromatic nitrogens is 2. The number of nitrogens with zero attached hydrogens (tertiary/aromatic N) is 3. The molecule has 0 saturated heterocycles. The van der Waals surface area contributed by atoms with Crippen LogP contribution in [0.5, 0.6) is 11.5 Å². The van der Waals surface area contributed by atoms with Crippen LogP contribution in [0.2, 0.25) is 10.3 Å². The monoisotopic (exact) mass is 454 g/mol. The van der Waals surface area contributed by atoms with Crippen LogP contribution in [0.1, 0.15) is 21.9 Å². The summed E-state index contributed by atoms with van der Waals surface area (Å²) in [6, 6.07) is 20.0. The molecule has 0 bridgehead atoms. The van der Waals surface area contributed by atoms with E-state index in [1.807, 2.05) is 54.6 Å². The van der Waals surface area contributed by atoms with E-state index in [-0.39, 0.29) is 10.9 Å². The molecule has 156 valence electrons. The highest BCUT2D eigenvalue weighted by Crippen LogP contribution is 2.22. The van der Waals surface area contributed by atoms with E-state index in [1.54, 1.807) is 16.7 Å². The van der Waals surface area contributed by atoms with Gasteiger partial charge in [0.15, 0.2) is 10.9 Å². The Morgan fingerprint density at radius 2 is 1.81 bits per heavy atom. The highest BCUT2D eigenvalue weighted by molar-refractivity contribution is 6.40. The second-order valence-electron chi connectivity index (χ2n) is 6.40. The number of benzene rings is 2. The van der Waals surface area contributed by atoms with Gasteiger partial charge in [-0.25, -0.2) is 10.4 Å². The number of nitrogens with one attached hydrogen (secondary N) is 1. The van der Waals surface area contributed by atoms with E-state index in [0.717, 1.165) is 11.3 Å². The lowest BCUT2D eigenvalue weighted by molar-refractivity contribution is 0.0925. The zero-order chi connectivity index (χ0) is 21.6. The quantitative estimate of drug-likeness (QED) is 0.299. The van der Waals surface area contributed by atoms with Gasteiger partial charge in [0, 0.05) is 0 Å². The summed E-state index contributed by atoms with van der Waals surface area (Å²) < 4.78 is 12.9. The van der Waals surface area contributed by atoms with E-state index in [9.17, 15) is 4.79 Å². The lowest BCUT2D eigenvalue weighted by atomic mass is 10.2. The van der Waals surface area contributed by atoms with Crippen molar-refractivity contribution >= 4 is 35.3 Å². The van der Waals surface area contributed by atoms with Crippen LogP contribution in [0.4, 0.5) is 0 Å². The van der Waals surface area contributed by atoms with Crippen molar-refractivity contribution in [2.75, 3.05) is 0 Å². The van der Waals surface area contributed by atoms with Crippen LogP contribution in [0, 0.1) is 0 Å². The van der Waals surface area contributed by atoms with Crippen molar-refractivity contribution in [3.05, 3.63) is 100 Å². The first-order chi connectivity index (χ1) is 15.1. The lowest BCUT2D eigenvalue weighted by Crippen LogP contribution is -2.16. The van der Waals surface area contributed by atoms with E-state index in [0.29, 0.717) is 23.2 Å². The number of hydrogen-bond acceptors (Lipinski definition) is 5. The Balaban J connectivity index is 1.31. The Morgan fingerprint density at radius 3 is 2.52 bits per heavy atom. The van der Waals surface area contributed by atoms with Gasteiger partial charge < -0.3 is 13.7 Å². The average Bonchev–Trinajstić information content (AvgIpc) is 3.38. The molecule has 31 heavy (non-hydrogen) atoms. The molecule has 4 aromatic rings. The topological polar surface area (TPSA) is 81.6 Å². The normalized spacial score (nSPS) is 11.0. The maximum atomic E-state index is 12.2. The summed E-state index contributed by atoms with van der Waals surface area (Å²) in [5.74, 6) is 1.64. The average molecular weight is 455 g/mol. The molecule has 0 aliphatic rings. The standard InChI is InChI=1S/C22H16Cl2N4O3/c23-20-21(24)28(14-25-20)13-18-10-11-19(31-18)22(29)27-26-12-15-6-8-17(9-7-15)30-16-4-2-1-3-5-16/h1-12,14H,13H2,(H,27,29). The molecule has 0 unspecified atom stereocenters. The number of rotatable bonds is 7. The fraction of sp³-hybridized carbons (Fsp3) is 0.0455. The SMILES string of the molecule is O=C(NN=Cc1ccc(Oc2ccccc2)cc1)c1ccc(Cn2cnc(Cl)c2Cl)o1. The molecule has 0 saturated carbocycles. The van der Waals surface area contributed by atoms with Crippen LogP contribution in [0.3, 0.4) is 0 Å². The minimum absolute atomic E-state index is 0.126. The molecular formula is C22H16Cl2N4O3. The maximum absolute atomic E-state index is 12.2. The predicted octanol–water partition coefficient (Wildman–Crippen LogP) is 5.39. The number of para-hydroxylation sites is 1. The third-order valence-corrected chi connectivity index (χ3v) is 4.95. The van der Waals surface area contributed by atoms with Gasteiger partial charge in [-0.1, -0.05) is 41.4 Å². The number of imidazole rings is 1. The van der Waals surface area contributed by atoms with E-state index in [1.165, 1.54) is 12.5 Å². The fourth-order valence-corrected chi connectivity index (χ4v) is 2.98. The van der Waals surface area contributed by atoms with Crippen molar-refractivity contribution in [2.45, 2.75) is 6.54 Å². The highest BCUT2D eigenvalue weighted by Gasteiger charge is 2.13. The minimum atomic E-state index is -0.471. The molecule has 0 spiro atoms. The van der Waals surface area contributed by atoms with Gasteiger partial charge in [0.25, 0.3) is 0 Å². The molecule has 4 rings (SSSR count). The highest BCUT2D eigenvalue weighted by atomic mass is 35.5. The van der Waals surface area contributed by atoms with Crippen LogP contribution in [0.15, 0.2) is 82.6 Å². The summed E-state index contributed by atoms with van der Waals surface area (Å²) in [5, 5.41) is 4.47. The first kappa shape index (κ1) is 20.7. The van der Waals surface area contributed by atoms with Gasteiger partial charge in [-0.05, 0) is 54.1 Å². The van der Waals surface area contributed by atoms with E-state index < -0.39 is 5.91 Å². The zero-order valence-electron chi connectivity index (χ0n) is 16.0. The molecule has 0 aliphatic heterocycles. The summed E-state index contributed by atoms with van der Waals surface area (Å²) in [7, 11) is 0. The number of amides is 1. The van der Waals surface area contributed by atoms with Gasteiger partial charge in [0.05, 0.1) is 19.1 Å². The van der Waals surface area contributed by atoms with E-state index in [4.69, 9.17) is 32.4 Å². The third kappa shape index (κ3) is 5.33. The van der Waals surface area contributed by atoms with E-state index >= 15 is 0 Å². The molecule has 0 aliphatic carbocycles. The van der Waals surface area contributed by atoms with E-state index in [2.05, 4.69) is 15.5 Å². The van der Waals surface area contributed by atoms with Crippen LogP contribution in [-0.2, 0) is 6.54 Å². The molecule has 0 radical (unpaired) electrons. The first-order valence-electron chi connectivity index (χ1n) is 9.20. The molecule has 1 amide bonds. The molecule has 7 nitrogen and oxygen atoms in total. The Hall–Kier alpha value is -3.55. The fourth-order valence-electron chi connectivity index (χ4n) is 2.67. The number of hydrazone groups is 1. The smallest absolute Gasteiger partial charge is 0.307 e. The number of carbonyl (C=O) groups is 1. The van der Waals surface area contributed by atoms with Crippen LogP contribution >= 0.6 is 23.2 Å². The van der Waals surface area contributed by atoms with Crippen molar-refractivity contribution in [1.82, 2.24) is 15.0 Å². The van der Waals surface area contributed by atoms with Gasteiger partial charge in [-0.15, -0.1) is 0 Å². The van der Waals surface area contributed by atoms with Crippen molar-refractivity contribution in [1.29, 1.82) is 0 Å². The predicted molar refractivity (Wildman–Crippen MR) is 118 cm³/mol. The van der Waals surface area contributed by atoms with Crippen molar-refractivity contribution in [3.8, 4) is 11.5 Å². The number of carbonyl (C=O) groups excluding carboxylic acids is 1. The number of ether oxygens (including phenoxy) is 1. The summed E-state index contributed by atoms with van der Waals surface area (Å²) in [4.78, 5) is 16.1. The second-order valence-corrected chi connectivity index (χ2v) is 7.12. The maximum Gasteiger partial charge on any atom is 0.307 e. The molecule has 2 aromatic heterocycles. The minimum Gasteiger partial charge on any atom is -0.457 e. The molecule has 2 aromatic carbocycles. The van der Waals surface area contributed by atoms with Crippen LogP contribution < -0.4 is 10.2 Å². The van der Waals surface area contributed by atoms with Gasteiger partial charge in [0.1, 0.15) is 22.4 Å². The molecule has 0 fully saturated rings.